The molecule has 0 unspecified atom stereocenters. The number of nitrogens with one attached hydrogen (secondary N) is 1. The van der Waals surface area contributed by atoms with E-state index in [9.17, 15) is 5.11 Å². The summed E-state index contributed by atoms with van der Waals surface area (Å²) in [4.78, 5) is 6.17. The van der Waals surface area contributed by atoms with Crippen molar-refractivity contribution in [1.29, 1.82) is 0 Å². The molecule has 6 heteroatoms. The summed E-state index contributed by atoms with van der Waals surface area (Å²) in [6.45, 7) is 3.44. The summed E-state index contributed by atoms with van der Waals surface area (Å²) in [5.41, 5.74) is 0. The molecule has 0 saturated carbocycles. The minimum atomic E-state index is -0.311. The number of hydrogen-bond acceptors (Lipinski definition) is 6. The van der Waals surface area contributed by atoms with E-state index >= 15 is 0 Å². The van der Waals surface area contributed by atoms with E-state index in [1.807, 2.05) is 18.9 Å². The Morgan fingerprint density at radius 1 is 1.67 bits per heavy atom. The second kappa shape index (κ2) is 4.16. The molecular weight excluding hydrogens is 196 g/mol. The highest BCUT2D eigenvalue weighted by molar-refractivity contribution is 5.25. The molecule has 1 aliphatic rings. The van der Waals surface area contributed by atoms with Crippen molar-refractivity contribution in [2.75, 3.05) is 25.0 Å². The molecule has 0 aromatic carbocycles. The first-order valence-electron chi connectivity index (χ1n) is 5.17. The molecule has 1 aliphatic heterocycles. The van der Waals surface area contributed by atoms with E-state index in [4.69, 9.17) is 4.52 Å². The van der Waals surface area contributed by atoms with Crippen LogP contribution in [-0.2, 0) is 0 Å². The van der Waals surface area contributed by atoms with E-state index in [1.54, 1.807) is 0 Å². The van der Waals surface area contributed by atoms with Crippen LogP contribution < -0.4 is 10.2 Å². The fraction of sp³-hybridized carbons (Fsp3) is 0.778. The molecule has 0 spiro atoms. The molecule has 2 atom stereocenters. The van der Waals surface area contributed by atoms with Crippen molar-refractivity contribution in [3.63, 3.8) is 0 Å². The van der Waals surface area contributed by atoms with Gasteiger partial charge in [0.05, 0.1) is 12.1 Å². The van der Waals surface area contributed by atoms with Gasteiger partial charge in [-0.15, -0.1) is 0 Å². The summed E-state index contributed by atoms with van der Waals surface area (Å²) in [5.74, 6) is 1.15. The highest BCUT2D eigenvalue weighted by Gasteiger charge is 2.28. The van der Waals surface area contributed by atoms with Crippen molar-refractivity contribution in [1.82, 2.24) is 15.5 Å². The Morgan fingerprint density at radius 2 is 2.47 bits per heavy atom. The monoisotopic (exact) mass is 212 g/mol. The molecule has 1 saturated heterocycles. The summed E-state index contributed by atoms with van der Waals surface area (Å²) in [5, 5.41) is 16.4. The van der Waals surface area contributed by atoms with E-state index < -0.39 is 0 Å². The third kappa shape index (κ3) is 2.10. The van der Waals surface area contributed by atoms with Crippen LogP contribution in [0.2, 0.25) is 0 Å². The minimum Gasteiger partial charge on any atom is -0.392 e. The molecule has 2 N–H and O–H groups in total. The van der Waals surface area contributed by atoms with Crippen LogP contribution in [0.5, 0.6) is 0 Å². The lowest BCUT2D eigenvalue weighted by Gasteiger charge is -2.09. The van der Waals surface area contributed by atoms with Gasteiger partial charge >= 0.3 is 0 Å². The lowest BCUT2D eigenvalue weighted by molar-refractivity contribution is 0.191. The van der Waals surface area contributed by atoms with E-state index in [0.29, 0.717) is 24.8 Å². The number of aliphatic hydroxyl groups excluding tert-OH is 1. The van der Waals surface area contributed by atoms with Crippen LogP contribution in [0.1, 0.15) is 25.3 Å². The molecule has 0 bridgehead atoms. The summed E-state index contributed by atoms with van der Waals surface area (Å²) in [7, 11) is 1.91. The number of nitrogens with zero attached hydrogens (tertiary/aromatic N) is 3. The van der Waals surface area contributed by atoms with Crippen molar-refractivity contribution in [3.05, 3.63) is 5.89 Å². The first-order valence-corrected chi connectivity index (χ1v) is 5.17. The van der Waals surface area contributed by atoms with Crippen molar-refractivity contribution >= 4 is 5.95 Å². The Kier molecular flexibility index (Phi) is 2.88. The Labute approximate surface area is 88.3 Å². The average Bonchev–Trinajstić information content (AvgIpc) is 2.84. The Morgan fingerprint density at radius 3 is 3.07 bits per heavy atom. The molecule has 2 heterocycles. The van der Waals surface area contributed by atoms with Crippen LogP contribution in [0, 0.1) is 0 Å². The van der Waals surface area contributed by atoms with Crippen molar-refractivity contribution < 1.29 is 9.63 Å². The highest BCUT2D eigenvalue weighted by atomic mass is 16.5. The first kappa shape index (κ1) is 10.4. The van der Waals surface area contributed by atoms with Gasteiger partial charge in [-0.1, -0.05) is 0 Å². The predicted octanol–water partition coefficient (Wildman–Crippen LogP) is -0.0790. The van der Waals surface area contributed by atoms with Gasteiger partial charge in [0.1, 0.15) is 0 Å². The molecule has 1 aromatic rings. The van der Waals surface area contributed by atoms with Crippen LogP contribution >= 0.6 is 0 Å². The summed E-state index contributed by atoms with van der Waals surface area (Å²) >= 11 is 0. The lowest BCUT2D eigenvalue weighted by atomic mass is 10.2. The molecule has 84 valence electrons. The number of rotatable bonds is 3. The molecule has 15 heavy (non-hydrogen) atoms. The van der Waals surface area contributed by atoms with Crippen LogP contribution in [-0.4, -0.2) is 41.5 Å². The van der Waals surface area contributed by atoms with Crippen LogP contribution in [0.15, 0.2) is 4.52 Å². The fourth-order valence-corrected chi connectivity index (χ4v) is 1.57. The lowest BCUT2D eigenvalue weighted by Crippen LogP contribution is -2.18. The van der Waals surface area contributed by atoms with E-state index in [1.165, 1.54) is 0 Å². The molecule has 0 aliphatic carbocycles. The van der Waals surface area contributed by atoms with Gasteiger partial charge in [0.2, 0.25) is 5.89 Å². The van der Waals surface area contributed by atoms with Crippen LogP contribution in [0.4, 0.5) is 5.95 Å². The number of aliphatic hydroxyl groups is 1. The fourth-order valence-electron chi connectivity index (χ4n) is 1.57. The third-order valence-corrected chi connectivity index (χ3v) is 2.65. The topological polar surface area (TPSA) is 74.4 Å². The minimum absolute atomic E-state index is 0.00786. The summed E-state index contributed by atoms with van der Waals surface area (Å²) < 4.78 is 5.14. The molecule has 0 radical (unpaired) electrons. The van der Waals surface area contributed by atoms with Crippen molar-refractivity contribution in [2.24, 2.45) is 0 Å². The number of β-amino-alcohol motifs (C(OH)–C–C–N with tert-alkyl or cyclic N) is 1. The van der Waals surface area contributed by atoms with Crippen LogP contribution in [0.3, 0.4) is 0 Å². The van der Waals surface area contributed by atoms with Gasteiger partial charge < -0.3 is 19.8 Å². The molecule has 1 aromatic heterocycles. The van der Waals surface area contributed by atoms with E-state index in [-0.39, 0.29) is 12.1 Å². The van der Waals surface area contributed by atoms with Gasteiger partial charge in [-0.2, -0.15) is 4.98 Å². The normalized spacial score (nSPS) is 25.8. The van der Waals surface area contributed by atoms with Gasteiger partial charge in [0, 0.05) is 20.1 Å². The smallest absolute Gasteiger partial charge is 0.265 e. The zero-order chi connectivity index (χ0) is 10.8. The number of aromatic nitrogens is 2. The zero-order valence-corrected chi connectivity index (χ0v) is 8.97. The maximum absolute atomic E-state index is 9.36. The highest BCUT2D eigenvalue weighted by Crippen LogP contribution is 2.23. The molecule has 0 amide bonds. The molecule has 1 fully saturated rings. The van der Waals surface area contributed by atoms with Crippen LogP contribution in [0.25, 0.3) is 0 Å². The molecule has 6 nitrogen and oxygen atoms in total. The Hall–Kier alpha value is -1.14. The van der Waals surface area contributed by atoms with E-state index in [0.717, 1.165) is 6.54 Å². The standard InChI is InChI=1S/C9H16N4O2/c1-3-13(2)9-11-8(15-12-9)7-4-6(14)5-10-7/h6-7,10,14H,3-5H2,1-2H3/t6-,7+/m1/s1. The quantitative estimate of drug-likeness (QED) is 0.730. The van der Waals surface area contributed by atoms with Gasteiger partial charge in [0.25, 0.3) is 5.95 Å². The second-order valence-electron chi connectivity index (χ2n) is 3.80. The average molecular weight is 212 g/mol. The largest absolute Gasteiger partial charge is 0.392 e. The van der Waals surface area contributed by atoms with Crippen molar-refractivity contribution in [2.45, 2.75) is 25.5 Å². The van der Waals surface area contributed by atoms with Gasteiger partial charge in [-0.25, -0.2) is 0 Å². The first-order chi connectivity index (χ1) is 7.20. The third-order valence-electron chi connectivity index (χ3n) is 2.65. The summed E-state index contributed by atoms with van der Waals surface area (Å²) in [6, 6.07) is -0.00786. The van der Waals surface area contributed by atoms with Crippen molar-refractivity contribution in [3.8, 4) is 0 Å². The molecular formula is C9H16N4O2. The maximum atomic E-state index is 9.36. The Bertz CT molecular complexity index is 328. The Balaban J connectivity index is 2.07. The van der Waals surface area contributed by atoms with Gasteiger partial charge in [0.15, 0.2) is 0 Å². The second-order valence-corrected chi connectivity index (χ2v) is 3.80. The zero-order valence-electron chi connectivity index (χ0n) is 8.97. The summed E-state index contributed by atoms with van der Waals surface area (Å²) in [6.07, 6.45) is 0.326. The van der Waals surface area contributed by atoms with Gasteiger partial charge in [-0.05, 0) is 18.5 Å². The number of hydrogen-bond donors (Lipinski definition) is 2. The van der Waals surface area contributed by atoms with Gasteiger partial charge in [-0.3, -0.25) is 0 Å². The van der Waals surface area contributed by atoms with E-state index in [2.05, 4.69) is 15.5 Å². The molecule has 2 rings (SSSR count). The maximum Gasteiger partial charge on any atom is 0.265 e. The predicted molar refractivity (Wildman–Crippen MR) is 54.6 cm³/mol. The SMILES string of the molecule is CCN(C)c1noc([C@@H]2C[C@@H](O)CN2)n1. The number of anilines is 1.